The third-order valence-electron chi connectivity index (χ3n) is 5.59. The third-order valence-corrected chi connectivity index (χ3v) is 8.17. The predicted octanol–water partition coefficient (Wildman–Crippen LogP) is 3.63. The zero-order valence-electron chi connectivity index (χ0n) is 16.3. The van der Waals surface area contributed by atoms with E-state index in [2.05, 4.69) is 14.8 Å². The van der Waals surface area contributed by atoms with Gasteiger partial charge in [0.2, 0.25) is 11.2 Å². The van der Waals surface area contributed by atoms with Crippen LogP contribution in [0.25, 0.3) is 4.85 Å². The minimum atomic E-state index is -0.566. The molecule has 0 spiro atoms. The summed E-state index contributed by atoms with van der Waals surface area (Å²) in [5, 5.41) is 0.0514. The first-order valence-electron chi connectivity index (χ1n) is 9.88. The molecule has 2 atom stereocenters. The van der Waals surface area contributed by atoms with E-state index in [0.29, 0.717) is 17.2 Å². The average molecular weight is 441 g/mol. The molecule has 6 nitrogen and oxygen atoms in total. The number of rotatable bonds is 5. The molecule has 30 heavy (non-hydrogen) atoms. The van der Waals surface area contributed by atoms with Gasteiger partial charge in [-0.15, -0.1) is 0 Å². The Kier molecular flexibility index (Phi) is 6.26. The zero-order chi connectivity index (χ0) is 21.1. The quantitative estimate of drug-likeness (QED) is 0.404. The maximum atomic E-state index is 13.5. The van der Waals surface area contributed by atoms with Crippen molar-refractivity contribution in [3.63, 3.8) is 0 Å². The maximum absolute atomic E-state index is 13.5. The van der Waals surface area contributed by atoms with Crippen molar-refractivity contribution < 1.29 is 9.59 Å². The van der Waals surface area contributed by atoms with Crippen LogP contribution in [0.15, 0.2) is 42.6 Å². The Hall–Kier alpha value is -2.56. The van der Waals surface area contributed by atoms with E-state index in [1.807, 2.05) is 30.3 Å². The Morgan fingerprint density at radius 2 is 1.97 bits per heavy atom. The second kappa shape index (κ2) is 9.07. The normalized spacial score (nSPS) is 21.6. The number of carbonyl (C=O) groups excluding carboxylic acids is 2. The molecule has 4 rings (SSSR count). The van der Waals surface area contributed by atoms with Gasteiger partial charge >= 0.3 is 0 Å². The van der Waals surface area contributed by atoms with Crippen LogP contribution in [0.2, 0.25) is 5.28 Å². The minimum absolute atomic E-state index is 0.0514. The van der Waals surface area contributed by atoms with E-state index in [9.17, 15) is 9.59 Å². The summed E-state index contributed by atoms with van der Waals surface area (Å²) in [5.74, 6) is 0.761. The fourth-order valence-corrected chi connectivity index (χ4v) is 6.50. The smallest absolute Gasteiger partial charge is 0.255 e. The summed E-state index contributed by atoms with van der Waals surface area (Å²) in [4.78, 5) is 40.4. The van der Waals surface area contributed by atoms with Crippen molar-refractivity contribution in [2.75, 3.05) is 23.0 Å². The van der Waals surface area contributed by atoms with Gasteiger partial charge in [-0.1, -0.05) is 30.3 Å². The van der Waals surface area contributed by atoms with Crippen molar-refractivity contribution in [1.82, 2.24) is 9.97 Å². The molecule has 3 heterocycles. The van der Waals surface area contributed by atoms with E-state index in [-0.39, 0.29) is 34.0 Å². The van der Waals surface area contributed by atoms with Gasteiger partial charge in [0.1, 0.15) is 5.82 Å². The molecule has 2 fully saturated rings. The second-order valence-corrected chi connectivity index (χ2v) is 9.95. The number of hydrogen-bond donors (Lipinski definition) is 0. The summed E-state index contributed by atoms with van der Waals surface area (Å²) in [5.41, 5.74) is 0.990. The Morgan fingerprint density at radius 1 is 1.23 bits per heavy atom. The highest BCUT2D eigenvalue weighted by molar-refractivity contribution is 8.17. The van der Waals surface area contributed by atoms with E-state index in [4.69, 9.17) is 18.2 Å². The second-order valence-electron chi connectivity index (χ2n) is 7.42. The van der Waals surface area contributed by atoms with Crippen LogP contribution in [0.5, 0.6) is 0 Å². The van der Waals surface area contributed by atoms with Crippen LogP contribution in [0.4, 0.5) is 5.82 Å². The number of benzene rings is 1. The Balaban J connectivity index is 1.70. The number of amides is 1. The van der Waals surface area contributed by atoms with Gasteiger partial charge in [0.15, 0.2) is 5.78 Å². The monoisotopic (exact) mass is 440 g/mol. The SMILES string of the molecule is [C-]#[N+]C(C(=O)[C@H]1CN(c2ccnc(Cl)n2)C(=O)[C@@H]1Cc1ccccc1)=S1CCCC1. The molecule has 1 amide bonds. The molecule has 8 heteroatoms. The van der Waals surface area contributed by atoms with Crippen LogP contribution < -0.4 is 4.90 Å². The molecule has 0 aliphatic carbocycles. The first-order chi connectivity index (χ1) is 14.6. The largest absolute Gasteiger partial charge is 0.307 e. The number of carbonyl (C=O) groups is 2. The van der Waals surface area contributed by atoms with Gasteiger partial charge in [0.25, 0.3) is 4.99 Å². The molecule has 1 aromatic heterocycles. The number of hydrogen-bond acceptors (Lipinski definition) is 4. The molecule has 0 unspecified atom stereocenters. The molecule has 0 saturated carbocycles. The topological polar surface area (TPSA) is 67.5 Å². The summed E-state index contributed by atoms with van der Waals surface area (Å²) in [6.45, 7) is 7.84. The molecule has 0 N–H and O–H groups in total. The molecule has 2 aromatic rings. The van der Waals surface area contributed by atoms with Gasteiger partial charge in [0, 0.05) is 18.7 Å². The van der Waals surface area contributed by atoms with Crippen molar-refractivity contribution in [1.29, 1.82) is 0 Å². The van der Waals surface area contributed by atoms with Crippen molar-refractivity contribution in [2.24, 2.45) is 11.8 Å². The molecule has 2 saturated heterocycles. The minimum Gasteiger partial charge on any atom is -0.307 e. The molecule has 0 bridgehead atoms. The molecule has 2 aliphatic heterocycles. The summed E-state index contributed by atoms with van der Waals surface area (Å²) >= 11 is 5.93. The summed E-state index contributed by atoms with van der Waals surface area (Å²) in [6.07, 6.45) is 4.05. The predicted molar refractivity (Wildman–Crippen MR) is 120 cm³/mol. The molecular formula is C22H21ClN4O2S. The molecule has 154 valence electrons. The van der Waals surface area contributed by atoms with Crippen LogP contribution in [0, 0.1) is 18.4 Å². The van der Waals surface area contributed by atoms with E-state index in [0.717, 1.165) is 29.9 Å². The lowest BCUT2D eigenvalue weighted by Gasteiger charge is -2.16. The van der Waals surface area contributed by atoms with Gasteiger partial charge in [-0.25, -0.2) is 14.8 Å². The van der Waals surface area contributed by atoms with Crippen LogP contribution in [-0.4, -0.2) is 44.7 Å². The standard InChI is InChI=1S/C22H21ClN4O2S/c1-24-20(30-11-5-6-12-30)19(28)17-14-27(18-9-10-25-22(23)26-18)21(29)16(17)13-15-7-3-2-4-8-15/h2-4,7-10,16-17H,5-6,11-14H2/t16-,17+/m1/s1. The van der Waals surface area contributed by atoms with Crippen molar-refractivity contribution in [3.8, 4) is 0 Å². The fraction of sp³-hybridized carbons (Fsp3) is 0.364. The van der Waals surface area contributed by atoms with Gasteiger partial charge in [-0.05, 0) is 54.0 Å². The van der Waals surface area contributed by atoms with E-state index in [1.165, 1.54) is 11.1 Å². The highest BCUT2D eigenvalue weighted by atomic mass is 35.5. The molecule has 1 aromatic carbocycles. The Labute approximate surface area is 183 Å². The van der Waals surface area contributed by atoms with Crippen LogP contribution >= 0.6 is 22.1 Å². The lowest BCUT2D eigenvalue weighted by molar-refractivity contribution is -0.124. The lowest BCUT2D eigenvalue weighted by atomic mass is 9.86. The number of halogens is 1. The number of anilines is 1. The molecule has 2 aliphatic rings. The number of aromatic nitrogens is 2. The maximum Gasteiger partial charge on any atom is 0.255 e. The summed E-state index contributed by atoms with van der Waals surface area (Å²) < 4.78 is 0. The van der Waals surface area contributed by atoms with Crippen LogP contribution in [0.1, 0.15) is 18.4 Å². The first-order valence-corrected chi connectivity index (χ1v) is 11.8. The van der Waals surface area contributed by atoms with Gasteiger partial charge < -0.3 is 4.79 Å². The van der Waals surface area contributed by atoms with Crippen LogP contribution in [0.3, 0.4) is 0 Å². The lowest BCUT2D eigenvalue weighted by Crippen LogP contribution is -2.30. The molecular weight excluding hydrogens is 420 g/mol. The van der Waals surface area contributed by atoms with Crippen molar-refractivity contribution >= 4 is 44.6 Å². The molecule has 0 radical (unpaired) electrons. The highest BCUT2D eigenvalue weighted by Crippen LogP contribution is 2.35. The Bertz CT molecular complexity index is 1040. The van der Waals surface area contributed by atoms with Crippen molar-refractivity contribution in [3.05, 3.63) is 64.9 Å². The van der Waals surface area contributed by atoms with Gasteiger partial charge in [0.05, 0.1) is 12.5 Å². The number of ketones is 1. The van der Waals surface area contributed by atoms with Gasteiger partial charge in [-0.3, -0.25) is 9.69 Å². The van der Waals surface area contributed by atoms with Gasteiger partial charge in [-0.2, -0.15) is 10.5 Å². The number of Topliss-reactive ketones (excluding diaryl/α,β-unsaturated/α-hetero) is 1. The summed E-state index contributed by atoms with van der Waals surface area (Å²) in [6, 6.07) is 11.3. The van der Waals surface area contributed by atoms with E-state index in [1.54, 1.807) is 6.07 Å². The highest BCUT2D eigenvalue weighted by Gasteiger charge is 2.46. The van der Waals surface area contributed by atoms with E-state index < -0.39 is 11.8 Å². The average Bonchev–Trinajstić information content (AvgIpc) is 3.39. The zero-order valence-corrected chi connectivity index (χ0v) is 17.9. The first kappa shape index (κ1) is 20.7. The van der Waals surface area contributed by atoms with Crippen molar-refractivity contribution in [2.45, 2.75) is 19.3 Å². The van der Waals surface area contributed by atoms with E-state index >= 15 is 0 Å². The summed E-state index contributed by atoms with van der Waals surface area (Å²) in [7, 11) is -0.287. The number of nitrogens with zero attached hydrogens (tertiary/aromatic N) is 4. The fourth-order valence-electron chi connectivity index (χ4n) is 4.10. The Morgan fingerprint density at radius 3 is 2.63 bits per heavy atom. The van der Waals surface area contributed by atoms with Crippen LogP contribution in [-0.2, 0) is 16.0 Å². The third kappa shape index (κ3) is 4.16.